The van der Waals surface area contributed by atoms with Gasteiger partial charge in [-0.1, -0.05) is 46.9 Å². The van der Waals surface area contributed by atoms with Crippen LogP contribution >= 0.6 is 34.8 Å². The van der Waals surface area contributed by atoms with Crippen molar-refractivity contribution in [3.05, 3.63) is 86.0 Å². The predicted octanol–water partition coefficient (Wildman–Crippen LogP) is 4.75. The van der Waals surface area contributed by atoms with Gasteiger partial charge in [0.2, 0.25) is 11.8 Å². The summed E-state index contributed by atoms with van der Waals surface area (Å²) in [5, 5.41) is 11.2. The van der Waals surface area contributed by atoms with Crippen LogP contribution < -0.4 is 21.3 Å². The van der Waals surface area contributed by atoms with Gasteiger partial charge in [0.05, 0.1) is 35.8 Å². The number of carbonyl (C=O) groups is 2. The minimum Gasteiger partial charge on any atom is -0.495 e. The fourth-order valence-corrected chi connectivity index (χ4v) is 4.53. The number of nitrogens with zero attached hydrogens (tertiary/aromatic N) is 4. The first-order chi connectivity index (χ1) is 18.1. The lowest BCUT2D eigenvalue weighted by molar-refractivity contribution is -0.119. The summed E-state index contributed by atoms with van der Waals surface area (Å²) < 4.78 is 8.35. The molecule has 2 amide bonds. The molecule has 0 bridgehead atoms. The maximum atomic E-state index is 13.3. The van der Waals surface area contributed by atoms with Crippen molar-refractivity contribution in [1.29, 1.82) is 0 Å². The Bertz CT molecular complexity index is 1600. The number of anilines is 1. The minimum atomic E-state index is -0.881. The number of benzene rings is 2. The van der Waals surface area contributed by atoms with Crippen LogP contribution in [0.25, 0.3) is 16.8 Å². The standard InChI is InChI=1S/C25H21Cl3N6O4/c1-3-19(25(37)30-14-5-6-15(24(29)36)18(27)9-14)33-11-21(38-2)17(10-23(33)35)16-8-13(26)4-7-20(16)34-12-22(28)31-32-34/h4-12,19H,3H2,1-2H3,(H2,29,36)(H,30,37)/t19-/m0/s1. The van der Waals surface area contributed by atoms with Crippen LogP contribution in [0.3, 0.4) is 0 Å². The Morgan fingerprint density at radius 1 is 1.08 bits per heavy atom. The minimum absolute atomic E-state index is 0.0949. The Labute approximate surface area is 231 Å². The van der Waals surface area contributed by atoms with Crippen LogP contribution in [0.2, 0.25) is 15.2 Å². The van der Waals surface area contributed by atoms with Gasteiger partial charge in [-0.3, -0.25) is 19.0 Å². The van der Waals surface area contributed by atoms with Crippen LogP contribution in [0, 0.1) is 0 Å². The van der Waals surface area contributed by atoms with Crippen molar-refractivity contribution in [3.63, 3.8) is 0 Å². The third-order valence-electron chi connectivity index (χ3n) is 5.75. The fourth-order valence-electron chi connectivity index (χ4n) is 3.96. The molecule has 0 saturated carbocycles. The number of nitrogens with one attached hydrogen (secondary N) is 1. The molecule has 13 heteroatoms. The SMILES string of the molecule is CC[C@@H](C(=O)Nc1ccc(C(N)=O)c(Cl)c1)n1cc(OC)c(-c2cc(Cl)ccc2-n2cc(Cl)nn2)cc1=O. The van der Waals surface area contributed by atoms with E-state index >= 15 is 0 Å². The summed E-state index contributed by atoms with van der Waals surface area (Å²) in [6, 6.07) is 9.85. The first-order valence-electron chi connectivity index (χ1n) is 11.2. The Kier molecular flexibility index (Phi) is 8.05. The highest BCUT2D eigenvalue weighted by Gasteiger charge is 2.23. The van der Waals surface area contributed by atoms with E-state index in [-0.39, 0.29) is 15.7 Å². The van der Waals surface area contributed by atoms with Crippen LogP contribution in [0.5, 0.6) is 5.75 Å². The number of nitrogens with two attached hydrogens (primary N) is 1. The first-order valence-corrected chi connectivity index (χ1v) is 12.3. The summed E-state index contributed by atoms with van der Waals surface area (Å²) in [4.78, 5) is 37.9. The number of carbonyl (C=O) groups excluding carboxylic acids is 2. The Balaban J connectivity index is 1.73. The number of hydrogen-bond donors (Lipinski definition) is 2. The molecule has 0 unspecified atom stereocenters. The van der Waals surface area contributed by atoms with Gasteiger partial charge in [-0.2, -0.15) is 0 Å². The average molecular weight is 576 g/mol. The molecule has 1 atom stereocenters. The lowest BCUT2D eigenvalue weighted by Crippen LogP contribution is -2.32. The topological polar surface area (TPSA) is 134 Å². The van der Waals surface area contributed by atoms with E-state index in [9.17, 15) is 14.4 Å². The van der Waals surface area contributed by atoms with E-state index in [1.54, 1.807) is 25.1 Å². The molecule has 0 aliphatic heterocycles. The molecule has 196 valence electrons. The van der Waals surface area contributed by atoms with Crippen LogP contribution in [0.15, 0.2) is 59.7 Å². The molecule has 2 aromatic heterocycles. The lowest BCUT2D eigenvalue weighted by atomic mass is 10.0. The number of aromatic nitrogens is 4. The van der Waals surface area contributed by atoms with Crippen molar-refractivity contribution < 1.29 is 14.3 Å². The molecular formula is C25H21Cl3N6O4. The van der Waals surface area contributed by atoms with Gasteiger partial charge in [-0.25, -0.2) is 4.68 Å². The first kappa shape index (κ1) is 27.2. The molecule has 4 rings (SSSR count). The molecule has 0 fully saturated rings. The summed E-state index contributed by atoms with van der Waals surface area (Å²) in [5.41, 5.74) is 6.83. The summed E-state index contributed by atoms with van der Waals surface area (Å²) in [7, 11) is 1.45. The van der Waals surface area contributed by atoms with Gasteiger partial charge in [-0.15, -0.1) is 5.10 Å². The quantitative estimate of drug-likeness (QED) is 0.311. The van der Waals surface area contributed by atoms with E-state index in [1.807, 2.05) is 0 Å². The third kappa shape index (κ3) is 5.52. The van der Waals surface area contributed by atoms with Gasteiger partial charge < -0.3 is 15.8 Å². The molecule has 0 saturated heterocycles. The van der Waals surface area contributed by atoms with E-state index in [4.69, 9.17) is 45.3 Å². The second-order valence-corrected chi connectivity index (χ2v) is 9.35. The van der Waals surface area contributed by atoms with Crippen molar-refractivity contribution in [2.45, 2.75) is 19.4 Å². The van der Waals surface area contributed by atoms with Gasteiger partial charge >= 0.3 is 0 Å². The smallest absolute Gasteiger partial charge is 0.252 e. The molecular weight excluding hydrogens is 555 g/mol. The zero-order chi connectivity index (χ0) is 27.6. The van der Waals surface area contributed by atoms with E-state index in [2.05, 4.69) is 15.6 Å². The van der Waals surface area contributed by atoms with Gasteiger partial charge in [0, 0.05) is 27.9 Å². The second-order valence-electron chi connectivity index (χ2n) is 8.12. The molecule has 0 spiro atoms. The predicted molar refractivity (Wildman–Crippen MR) is 146 cm³/mol. The highest BCUT2D eigenvalue weighted by molar-refractivity contribution is 6.34. The fraction of sp³-hybridized carbons (Fsp3) is 0.160. The van der Waals surface area contributed by atoms with E-state index in [0.29, 0.717) is 39.7 Å². The molecule has 3 N–H and O–H groups in total. The maximum Gasteiger partial charge on any atom is 0.252 e. The molecule has 0 aliphatic rings. The number of rotatable bonds is 8. The second kappa shape index (κ2) is 11.3. The van der Waals surface area contributed by atoms with Gasteiger partial charge in [-0.05, 0) is 42.8 Å². The zero-order valence-electron chi connectivity index (χ0n) is 20.1. The van der Waals surface area contributed by atoms with Crippen LogP contribution in [0.4, 0.5) is 5.69 Å². The summed E-state index contributed by atoms with van der Waals surface area (Å²) in [5.74, 6) is -0.833. The molecule has 0 aliphatic carbocycles. The lowest BCUT2D eigenvalue weighted by Gasteiger charge is -2.21. The van der Waals surface area contributed by atoms with Crippen molar-refractivity contribution in [2.24, 2.45) is 5.73 Å². The number of halogens is 3. The largest absolute Gasteiger partial charge is 0.495 e. The van der Waals surface area contributed by atoms with E-state index in [1.165, 1.54) is 53.0 Å². The molecule has 0 radical (unpaired) electrons. The normalized spacial score (nSPS) is 11.7. The average Bonchev–Trinajstić information content (AvgIpc) is 3.30. The number of hydrogen-bond acceptors (Lipinski definition) is 6. The van der Waals surface area contributed by atoms with E-state index < -0.39 is 23.4 Å². The molecule has 10 nitrogen and oxygen atoms in total. The van der Waals surface area contributed by atoms with Crippen molar-refractivity contribution >= 4 is 52.3 Å². The number of ether oxygens (including phenoxy) is 1. The monoisotopic (exact) mass is 574 g/mol. The molecule has 2 heterocycles. The van der Waals surface area contributed by atoms with Gasteiger partial charge in [0.15, 0.2) is 5.15 Å². The highest BCUT2D eigenvalue weighted by Crippen LogP contribution is 2.35. The molecule has 38 heavy (non-hydrogen) atoms. The van der Waals surface area contributed by atoms with Gasteiger partial charge in [0.25, 0.3) is 5.56 Å². The van der Waals surface area contributed by atoms with E-state index in [0.717, 1.165) is 0 Å². The molecule has 2 aromatic carbocycles. The summed E-state index contributed by atoms with van der Waals surface area (Å²) >= 11 is 18.3. The Morgan fingerprint density at radius 3 is 2.45 bits per heavy atom. The zero-order valence-corrected chi connectivity index (χ0v) is 22.4. The molecule has 4 aromatic rings. The summed E-state index contributed by atoms with van der Waals surface area (Å²) in [6.07, 6.45) is 3.27. The van der Waals surface area contributed by atoms with Gasteiger partial charge in [0.1, 0.15) is 11.8 Å². The third-order valence-corrected chi connectivity index (χ3v) is 6.47. The van der Waals surface area contributed by atoms with Crippen molar-refractivity contribution in [3.8, 4) is 22.6 Å². The maximum absolute atomic E-state index is 13.3. The number of pyridine rings is 1. The number of methoxy groups -OCH3 is 1. The van der Waals surface area contributed by atoms with Crippen LogP contribution in [-0.2, 0) is 4.79 Å². The Morgan fingerprint density at radius 2 is 1.84 bits per heavy atom. The van der Waals surface area contributed by atoms with Crippen LogP contribution in [-0.4, -0.2) is 38.5 Å². The number of primary amides is 1. The van der Waals surface area contributed by atoms with Crippen molar-refractivity contribution in [1.82, 2.24) is 19.6 Å². The highest BCUT2D eigenvalue weighted by atomic mass is 35.5. The van der Waals surface area contributed by atoms with Crippen molar-refractivity contribution in [2.75, 3.05) is 12.4 Å². The summed E-state index contributed by atoms with van der Waals surface area (Å²) in [6.45, 7) is 1.77. The number of amides is 2. The van der Waals surface area contributed by atoms with Crippen LogP contribution in [0.1, 0.15) is 29.7 Å². The Hall–Kier alpha value is -3.86.